The Morgan fingerprint density at radius 2 is 2.08 bits per heavy atom. The highest BCUT2D eigenvalue weighted by Crippen LogP contribution is 2.15. The standard InChI is InChI=1S/C20H23N3O3/c1-26-18-7-5-15(6-8-18)9-11-23-14-17(13-20(23)25)22-19(24)12-16-4-2-3-10-21-16/h2-8,10,17H,9,11-14H2,1H3,(H,22,24)/t17-/m1/s1. The van der Waals surface area contributed by atoms with Gasteiger partial charge < -0.3 is 15.0 Å². The van der Waals surface area contributed by atoms with Crippen LogP contribution >= 0.6 is 0 Å². The van der Waals surface area contributed by atoms with Crippen LogP contribution in [-0.4, -0.2) is 47.9 Å². The van der Waals surface area contributed by atoms with Crippen molar-refractivity contribution in [1.29, 1.82) is 0 Å². The molecule has 2 heterocycles. The van der Waals surface area contributed by atoms with Crippen LogP contribution in [0.3, 0.4) is 0 Å². The number of nitrogens with one attached hydrogen (secondary N) is 1. The van der Waals surface area contributed by atoms with Crippen molar-refractivity contribution in [2.45, 2.75) is 25.3 Å². The summed E-state index contributed by atoms with van der Waals surface area (Å²) in [6.45, 7) is 1.21. The van der Waals surface area contributed by atoms with E-state index in [2.05, 4.69) is 10.3 Å². The van der Waals surface area contributed by atoms with Crippen LogP contribution in [0.1, 0.15) is 17.7 Å². The summed E-state index contributed by atoms with van der Waals surface area (Å²) in [7, 11) is 1.64. The molecule has 0 spiro atoms. The topological polar surface area (TPSA) is 71.5 Å². The summed E-state index contributed by atoms with van der Waals surface area (Å²) in [4.78, 5) is 30.3. The van der Waals surface area contributed by atoms with Gasteiger partial charge in [-0.05, 0) is 36.2 Å². The van der Waals surface area contributed by atoms with E-state index >= 15 is 0 Å². The van der Waals surface area contributed by atoms with Gasteiger partial charge in [0, 0.05) is 31.4 Å². The highest BCUT2D eigenvalue weighted by atomic mass is 16.5. The minimum atomic E-state index is -0.130. The molecule has 1 aliphatic heterocycles. The van der Waals surface area contributed by atoms with Crippen LogP contribution in [0.5, 0.6) is 5.75 Å². The summed E-state index contributed by atoms with van der Waals surface area (Å²) in [5.74, 6) is 0.807. The van der Waals surface area contributed by atoms with Crippen LogP contribution < -0.4 is 10.1 Å². The zero-order valence-corrected chi connectivity index (χ0v) is 14.9. The maximum absolute atomic E-state index is 12.2. The highest BCUT2D eigenvalue weighted by molar-refractivity contribution is 5.83. The molecular formula is C20H23N3O3. The second-order valence-electron chi connectivity index (χ2n) is 6.40. The van der Waals surface area contributed by atoms with Gasteiger partial charge in [0.2, 0.25) is 11.8 Å². The van der Waals surface area contributed by atoms with Crippen LogP contribution in [0, 0.1) is 0 Å². The Morgan fingerprint density at radius 1 is 1.27 bits per heavy atom. The maximum Gasteiger partial charge on any atom is 0.226 e. The third-order valence-corrected chi connectivity index (χ3v) is 4.48. The third-order valence-electron chi connectivity index (χ3n) is 4.48. The van der Waals surface area contributed by atoms with Crippen molar-refractivity contribution in [3.8, 4) is 5.75 Å². The average molecular weight is 353 g/mol. The van der Waals surface area contributed by atoms with Gasteiger partial charge in [-0.2, -0.15) is 0 Å². The fourth-order valence-corrected chi connectivity index (χ4v) is 3.09. The molecule has 0 radical (unpaired) electrons. The second kappa shape index (κ2) is 8.47. The van der Waals surface area contributed by atoms with E-state index in [1.54, 1.807) is 13.3 Å². The van der Waals surface area contributed by atoms with Crippen LogP contribution in [0.2, 0.25) is 0 Å². The number of pyridine rings is 1. The Labute approximate surface area is 153 Å². The monoisotopic (exact) mass is 353 g/mol. The fraction of sp³-hybridized carbons (Fsp3) is 0.350. The molecule has 1 atom stereocenters. The summed E-state index contributed by atoms with van der Waals surface area (Å²) >= 11 is 0. The molecule has 0 aliphatic carbocycles. The van der Waals surface area contributed by atoms with Gasteiger partial charge in [0.05, 0.1) is 19.6 Å². The van der Waals surface area contributed by atoms with Crippen molar-refractivity contribution >= 4 is 11.8 Å². The molecule has 1 fully saturated rings. The van der Waals surface area contributed by atoms with Crippen molar-refractivity contribution in [2.75, 3.05) is 20.2 Å². The molecule has 1 aromatic carbocycles. The number of rotatable bonds is 7. The minimum absolute atomic E-state index is 0.0849. The molecule has 6 nitrogen and oxygen atoms in total. The predicted octanol–water partition coefficient (Wildman–Crippen LogP) is 1.59. The van der Waals surface area contributed by atoms with E-state index in [1.165, 1.54) is 0 Å². The van der Waals surface area contributed by atoms with E-state index in [4.69, 9.17) is 4.74 Å². The molecule has 0 saturated carbocycles. The molecule has 2 aromatic rings. The minimum Gasteiger partial charge on any atom is -0.497 e. The number of hydrogen-bond donors (Lipinski definition) is 1. The number of methoxy groups -OCH3 is 1. The van der Waals surface area contributed by atoms with Gasteiger partial charge in [-0.3, -0.25) is 14.6 Å². The van der Waals surface area contributed by atoms with Gasteiger partial charge in [-0.1, -0.05) is 18.2 Å². The lowest BCUT2D eigenvalue weighted by Gasteiger charge is -2.17. The quantitative estimate of drug-likeness (QED) is 0.821. The number of hydrogen-bond acceptors (Lipinski definition) is 4. The van der Waals surface area contributed by atoms with E-state index in [9.17, 15) is 9.59 Å². The molecule has 3 rings (SSSR count). The summed E-state index contributed by atoms with van der Waals surface area (Å²) in [5, 5.41) is 2.94. The van der Waals surface area contributed by atoms with Crippen molar-refractivity contribution in [1.82, 2.24) is 15.2 Å². The van der Waals surface area contributed by atoms with Crippen molar-refractivity contribution < 1.29 is 14.3 Å². The molecule has 0 bridgehead atoms. The summed E-state index contributed by atoms with van der Waals surface area (Å²) in [6.07, 6.45) is 3.04. The van der Waals surface area contributed by atoms with Gasteiger partial charge in [-0.25, -0.2) is 0 Å². The Hall–Kier alpha value is -2.89. The first kappa shape index (κ1) is 17.9. The van der Waals surface area contributed by atoms with E-state index in [0.717, 1.165) is 23.4 Å². The van der Waals surface area contributed by atoms with Crippen molar-refractivity contribution in [3.05, 3.63) is 59.9 Å². The molecular weight excluding hydrogens is 330 g/mol. The number of ether oxygens (including phenoxy) is 1. The molecule has 6 heteroatoms. The number of likely N-dealkylation sites (tertiary alicyclic amines) is 1. The number of carbonyl (C=O) groups excluding carboxylic acids is 2. The van der Waals surface area contributed by atoms with Crippen molar-refractivity contribution in [3.63, 3.8) is 0 Å². The van der Waals surface area contributed by atoms with E-state index in [1.807, 2.05) is 47.4 Å². The number of nitrogens with zero attached hydrogens (tertiary/aromatic N) is 2. The highest BCUT2D eigenvalue weighted by Gasteiger charge is 2.30. The van der Waals surface area contributed by atoms with Gasteiger partial charge in [0.1, 0.15) is 5.75 Å². The van der Waals surface area contributed by atoms with Gasteiger partial charge >= 0.3 is 0 Å². The lowest BCUT2D eigenvalue weighted by atomic mass is 10.1. The third kappa shape index (κ3) is 4.81. The summed E-state index contributed by atoms with van der Waals surface area (Å²) in [5.41, 5.74) is 1.88. The normalized spacial score (nSPS) is 16.6. The van der Waals surface area contributed by atoms with Gasteiger partial charge in [-0.15, -0.1) is 0 Å². The van der Waals surface area contributed by atoms with Crippen LogP contribution in [0.25, 0.3) is 0 Å². The lowest BCUT2D eigenvalue weighted by Crippen LogP contribution is -2.38. The lowest BCUT2D eigenvalue weighted by molar-refractivity contribution is -0.127. The zero-order chi connectivity index (χ0) is 18.4. The molecule has 0 unspecified atom stereocenters. The Morgan fingerprint density at radius 3 is 2.77 bits per heavy atom. The molecule has 1 saturated heterocycles. The molecule has 1 aliphatic rings. The van der Waals surface area contributed by atoms with E-state index in [-0.39, 0.29) is 24.3 Å². The van der Waals surface area contributed by atoms with Gasteiger partial charge in [0.25, 0.3) is 0 Å². The smallest absolute Gasteiger partial charge is 0.226 e. The first-order valence-corrected chi connectivity index (χ1v) is 8.74. The van der Waals surface area contributed by atoms with E-state index in [0.29, 0.717) is 19.5 Å². The molecule has 1 N–H and O–H groups in total. The largest absolute Gasteiger partial charge is 0.497 e. The summed E-state index contributed by atoms with van der Waals surface area (Å²) in [6, 6.07) is 13.2. The summed E-state index contributed by atoms with van der Waals surface area (Å²) < 4.78 is 5.15. The number of carbonyl (C=O) groups is 2. The molecule has 136 valence electrons. The Kier molecular flexibility index (Phi) is 5.84. The fourth-order valence-electron chi connectivity index (χ4n) is 3.09. The Balaban J connectivity index is 1.46. The van der Waals surface area contributed by atoms with Crippen LogP contribution in [0.15, 0.2) is 48.7 Å². The maximum atomic E-state index is 12.2. The average Bonchev–Trinajstić information content (AvgIpc) is 3.00. The molecule has 26 heavy (non-hydrogen) atoms. The second-order valence-corrected chi connectivity index (χ2v) is 6.40. The molecule has 1 aromatic heterocycles. The Bertz CT molecular complexity index is 747. The molecule has 2 amide bonds. The predicted molar refractivity (Wildman–Crippen MR) is 97.8 cm³/mol. The first-order chi connectivity index (χ1) is 12.6. The number of benzene rings is 1. The van der Waals surface area contributed by atoms with Crippen molar-refractivity contribution in [2.24, 2.45) is 0 Å². The van der Waals surface area contributed by atoms with Crippen LogP contribution in [-0.2, 0) is 22.4 Å². The number of aromatic nitrogens is 1. The zero-order valence-electron chi connectivity index (χ0n) is 14.9. The van der Waals surface area contributed by atoms with E-state index < -0.39 is 0 Å². The first-order valence-electron chi connectivity index (χ1n) is 8.74. The van der Waals surface area contributed by atoms with Gasteiger partial charge in [0.15, 0.2) is 0 Å². The van der Waals surface area contributed by atoms with Crippen LogP contribution in [0.4, 0.5) is 0 Å². The SMILES string of the molecule is COc1ccc(CCN2C[C@H](NC(=O)Cc3ccccn3)CC2=O)cc1. The number of amides is 2.